The molecule has 0 spiro atoms. The summed E-state index contributed by atoms with van der Waals surface area (Å²) >= 11 is 5.01. The van der Waals surface area contributed by atoms with Crippen molar-refractivity contribution in [3.05, 3.63) is 71.3 Å². The van der Waals surface area contributed by atoms with Crippen LogP contribution in [0.1, 0.15) is 21.5 Å². The number of amides is 2. The highest BCUT2D eigenvalue weighted by Crippen LogP contribution is 2.24. The molecule has 0 saturated heterocycles. The van der Waals surface area contributed by atoms with E-state index in [9.17, 15) is 14.7 Å². The van der Waals surface area contributed by atoms with Gasteiger partial charge in [0.1, 0.15) is 11.5 Å². The number of hydrazine groups is 1. The van der Waals surface area contributed by atoms with Crippen LogP contribution < -0.4 is 20.9 Å². The lowest BCUT2D eigenvalue weighted by atomic mass is 10.1. The van der Waals surface area contributed by atoms with Crippen LogP contribution in [-0.2, 0) is 4.79 Å². The van der Waals surface area contributed by atoms with Gasteiger partial charge in [-0.25, -0.2) is 0 Å². The number of ether oxygens (including phenoxy) is 1. The van der Waals surface area contributed by atoms with Gasteiger partial charge in [0.15, 0.2) is 11.7 Å². The number of benzene rings is 3. The number of phenols is 1. The fourth-order valence-electron chi connectivity index (χ4n) is 2.79. The molecule has 7 nitrogen and oxygen atoms in total. The van der Waals surface area contributed by atoms with E-state index in [2.05, 4.69) is 16.2 Å². The van der Waals surface area contributed by atoms with Crippen molar-refractivity contribution in [2.45, 2.75) is 13.8 Å². The van der Waals surface area contributed by atoms with E-state index >= 15 is 0 Å². The minimum Gasteiger partial charge on any atom is -0.507 e. The second-order valence-electron chi connectivity index (χ2n) is 6.73. The van der Waals surface area contributed by atoms with Crippen molar-refractivity contribution < 1.29 is 19.4 Å². The van der Waals surface area contributed by atoms with Crippen LogP contribution in [-0.4, -0.2) is 28.6 Å². The molecule has 0 aromatic heterocycles. The first-order valence-electron chi connectivity index (χ1n) is 9.15. The SMILES string of the molecule is Cc1ccc(C)c(OCC(=O)NC(=S)NNC(=O)c2cc3ccccc3cc2O)c1. The average molecular weight is 423 g/mol. The number of nitrogens with one attached hydrogen (secondary N) is 3. The Morgan fingerprint density at radius 3 is 2.43 bits per heavy atom. The molecule has 0 radical (unpaired) electrons. The molecule has 3 aromatic carbocycles. The molecule has 8 heteroatoms. The van der Waals surface area contributed by atoms with E-state index < -0.39 is 11.8 Å². The summed E-state index contributed by atoms with van der Waals surface area (Å²) in [5.74, 6) is -0.619. The number of carbonyl (C=O) groups is 2. The molecule has 0 unspecified atom stereocenters. The Morgan fingerprint density at radius 1 is 1.00 bits per heavy atom. The maximum atomic E-state index is 12.3. The van der Waals surface area contributed by atoms with E-state index in [0.717, 1.165) is 21.9 Å². The minimum atomic E-state index is -0.596. The highest BCUT2D eigenvalue weighted by molar-refractivity contribution is 7.80. The third kappa shape index (κ3) is 5.24. The van der Waals surface area contributed by atoms with Gasteiger partial charge < -0.3 is 9.84 Å². The molecule has 0 aliphatic rings. The first-order valence-corrected chi connectivity index (χ1v) is 9.56. The molecule has 0 saturated carbocycles. The summed E-state index contributed by atoms with van der Waals surface area (Å²) in [6.45, 7) is 3.59. The van der Waals surface area contributed by atoms with Crippen LogP contribution in [0.4, 0.5) is 0 Å². The molecular formula is C22H21N3O4S. The van der Waals surface area contributed by atoms with Gasteiger partial charge in [0.25, 0.3) is 11.8 Å². The fourth-order valence-corrected chi connectivity index (χ4v) is 2.96. The van der Waals surface area contributed by atoms with Gasteiger partial charge in [-0.15, -0.1) is 0 Å². The number of rotatable bonds is 4. The van der Waals surface area contributed by atoms with Gasteiger partial charge in [-0.1, -0.05) is 36.4 Å². The number of carbonyl (C=O) groups excluding carboxylic acids is 2. The molecule has 30 heavy (non-hydrogen) atoms. The van der Waals surface area contributed by atoms with Crippen LogP contribution >= 0.6 is 12.2 Å². The van der Waals surface area contributed by atoms with Crippen molar-refractivity contribution in [1.29, 1.82) is 0 Å². The Morgan fingerprint density at radius 2 is 1.70 bits per heavy atom. The molecule has 0 heterocycles. The minimum absolute atomic E-state index is 0.0774. The Balaban J connectivity index is 1.51. The second-order valence-corrected chi connectivity index (χ2v) is 7.14. The van der Waals surface area contributed by atoms with E-state index in [1.165, 1.54) is 6.07 Å². The smallest absolute Gasteiger partial charge is 0.273 e. The lowest BCUT2D eigenvalue weighted by molar-refractivity contribution is -0.121. The zero-order valence-corrected chi connectivity index (χ0v) is 17.3. The molecule has 0 atom stereocenters. The number of fused-ring (bicyclic) bond motifs is 1. The lowest BCUT2D eigenvalue weighted by Gasteiger charge is -2.13. The molecule has 0 bridgehead atoms. The van der Waals surface area contributed by atoms with Gasteiger partial charge in [0, 0.05) is 0 Å². The Bertz CT molecular complexity index is 1130. The summed E-state index contributed by atoms with van der Waals surface area (Å²) in [6.07, 6.45) is 0. The van der Waals surface area contributed by atoms with E-state index in [4.69, 9.17) is 17.0 Å². The number of hydrogen-bond acceptors (Lipinski definition) is 5. The van der Waals surface area contributed by atoms with E-state index in [0.29, 0.717) is 5.75 Å². The second kappa shape index (κ2) is 9.23. The van der Waals surface area contributed by atoms with Crippen LogP contribution in [0.15, 0.2) is 54.6 Å². The van der Waals surface area contributed by atoms with Crippen LogP contribution in [0.5, 0.6) is 11.5 Å². The van der Waals surface area contributed by atoms with Crippen molar-refractivity contribution >= 4 is 39.9 Å². The Hall–Kier alpha value is -3.65. The molecular weight excluding hydrogens is 402 g/mol. The molecule has 3 rings (SSSR count). The lowest BCUT2D eigenvalue weighted by Crippen LogP contribution is -2.49. The number of thiocarbonyl (C=S) groups is 1. The van der Waals surface area contributed by atoms with Gasteiger partial charge >= 0.3 is 0 Å². The molecule has 4 N–H and O–H groups in total. The largest absolute Gasteiger partial charge is 0.507 e. The molecule has 0 aliphatic heterocycles. The first-order chi connectivity index (χ1) is 14.3. The monoisotopic (exact) mass is 423 g/mol. The normalized spacial score (nSPS) is 10.3. The highest BCUT2D eigenvalue weighted by Gasteiger charge is 2.13. The standard InChI is InChI=1S/C22H21N3O4S/c1-13-7-8-14(2)19(9-13)29-12-20(27)23-22(30)25-24-21(28)17-10-15-5-3-4-6-16(15)11-18(17)26/h3-11,26H,12H2,1-2H3,(H,24,28)(H2,23,25,27,30). The van der Waals surface area contributed by atoms with Crippen molar-refractivity contribution in [3.63, 3.8) is 0 Å². The maximum Gasteiger partial charge on any atom is 0.273 e. The van der Waals surface area contributed by atoms with Crippen molar-refractivity contribution in [2.75, 3.05) is 6.61 Å². The summed E-state index contributed by atoms with van der Waals surface area (Å²) in [4.78, 5) is 24.4. The highest BCUT2D eigenvalue weighted by atomic mass is 32.1. The van der Waals surface area contributed by atoms with E-state index in [1.807, 2.05) is 56.3 Å². The summed E-state index contributed by atoms with van der Waals surface area (Å²) in [6, 6.07) is 16.1. The number of aromatic hydroxyl groups is 1. The summed E-state index contributed by atoms with van der Waals surface area (Å²) < 4.78 is 5.51. The van der Waals surface area contributed by atoms with Gasteiger partial charge in [-0.2, -0.15) is 0 Å². The van der Waals surface area contributed by atoms with Crippen molar-refractivity contribution in [1.82, 2.24) is 16.2 Å². The average Bonchev–Trinajstić information content (AvgIpc) is 2.72. The predicted molar refractivity (Wildman–Crippen MR) is 118 cm³/mol. The Labute approximate surface area is 179 Å². The van der Waals surface area contributed by atoms with Crippen molar-refractivity contribution in [3.8, 4) is 11.5 Å². The van der Waals surface area contributed by atoms with E-state index in [1.54, 1.807) is 6.07 Å². The zero-order valence-electron chi connectivity index (χ0n) is 16.5. The van der Waals surface area contributed by atoms with Crippen LogP contribution in [0, 0.1) is 13.8 Å². The predicted octanol–water partition coefficient (Wildman–Crippen LogP) is 2.88. The third-order valence-corrected chi connectivity index (χ3v) is 4.56. The van der Waals surface area contributed by atoms with Gasteiger partial charge in [0.05, 0.1) is 5.56 Å². The van der Waals surface area contributed by atoms with Crippen LogP contribution in [0.25, 0.3) is 10.8 Å². The van der Waals surface area contributed by atoms with Crippen molar-refractivity contribution in [2.24, 2.45) is 0 Å². The zero-order chi connectivity index (χ0) is 21.7. The van der Waals surface area contributed by atoms with E-state index in [-0.39, 0.29) is 23.0 Å². The topological polar surface area (TPSA) is 99.7 Å². The van der Waals surface area contributed by atoms with Gasteiger partial charge in [-0.05, 0) is 66.2 Å². The van der Waals surface area contributed by atoms with Gasteiger partial charge in [0.2, 0.25) is 0 Å². The fraction of sp³-hybridized carbons (Fsp3) is 0.136. The number of phenolic OH excluding ortho intramolecular Hbond substituents is 1. The summed E-state index contributed by atoms with van der Waals surface area (Å²) in [7, 11) is 0. The van der Waals surface area contributed by atoms with Crippen LogP contribution in [0.3, 0.4) is 0 Å². The third-order valence-electron chi connectivity index (χ3n) is 4.35. The molecule has 0 fully saturated rings. The molecule has 0 aliphatic carbocycles. The van der Waals surface area contributed by atoms with Gasteiger partial charge in [-0.3, -0.25) is 25.8 Å². The first kappa shape index (κ1) is 21.1. The Kier molecular flexibility index (Phi) is 6.48. The maximum absolute atomic E-state index is 12.3. The molecule has 2 amide bonds. The number of hydrogen-bond donors (Lipinski definition) is 4. The van der Waals surface area contributed by atoms with Crippen LogP contribution in [0.2, 0.25) is 0 Å². The summed E-state index contributed by atoms with van der Waals surface area (Å²) in [5, 5.41) is 14.0. The molecule has 154 valence electrons. The summed E-state index contributed by atoms with van der Waals surface area (Å²) in [5.41, 5.74) is 6.81. The quantitative estimate of drug-likeness (QED) is 0.380. The number of aryl methyl sites for hydroxylation is 2. The molecule has 3 aromatic rings.